The molecule has 1 nitrogen and oxygen atoms in total. The molecule has 0 radical (unpaired) electrons. The molecule has 0 aromatic rings. The van der Waals surface area contributed by atoms with Gasteiger partial charge in [0.2, 0.25) is 0 Å². The van der Waals surface area contributed by atoms with Gasteiger partial charge in [-0.15, -0.1) is 0 Å². The smallest absolute Gasteiger partial charge is 0.0933 e. The average Bonchev–Trinajstić information content (AvgIpc) is 1.27. The number of allylic oxidation sites excluding steroid dienone is 2. The second-order valence-corrected chi connectivity index (χ2v) is 1.51. The molecule has 0 atom stereocenters. The Balaban J connectivity index is 3.32. The van der Waals surface area contributed by atoms with Crippen LogP contribution in [0.2, 0.25) is 0 Å². The quantitative estimate of drug-likeness (QED) is 0.480. The summed E-state index contributed by atoms with van der Waals surface area (Å²) in [5, 5.41) is 0. The first-order valence-corrected chi connectivity index (χ1v) is 2.12. The van der Waals surface area contributed by atoms with E-state index < -0.39 is 0 Å². The summed E-state index contributed by atoms with van der Waals surface area (Å²) in [4.78, 5) is 0. The van der Waals surface area contributed by atoms with Crippen molar-refractivity contribution in [3.63, 3.8) is 0 Å². The van der Waals surface area contributed by atoms with Crippen LogP contribution in [0.25, 0.3) is 0 Å². The van der Waals surface area contributed by atoms with Gasteiger partial charge >= 0.3 is 0 Å². The molecule has 0 aliphatic rings. The summed E-state index contributed by atoms with van der Waals surface area (Å²) in [6.45, 7) is 10.6. The highest BCUT2D eigenvalue weighted by Crippen LogP contribution is 1.97. The molecule has 0 aromatic heterocycles. The topological polar surface area (TPSA) is 9.23 Å². The van der Waals surface area contributed by atoms with Crippen molar-refractivity contribution in [3.8, 4) is 0 Å². The molecule has 0 fully saturated rings. The maximum atomic E-state index is 4.86. The first-order valence-electron chi connectivity index (χ1n) is 2.12. The van der Waals surface area contributed by atoms with Crippen LogP contribution in [0.1, 0.15) is 13.8 Å². The minimum absolute atomic E-state index is 0.688. The maximum Gasteiger partial charge on any atom is 0.0933 e. The standard InChI is InChI=1S/C6H10O/c1-5(2)7-6(3)4/h1,3H2,2,4H3. The van der Waals surface area contributed by atoms with Crippen molar-refractivity contribution >= 4 is 0 Å². The molecule has 0 aliphatic carbocycles. The van der Waals surface area contributed by atoms with Crippen molar-refractivity contribution in [2.45, 2.75) is 13.8 Å². The van der Waals surface area contributed by atoms with Crippen LogP contribution in [0.15, 0.2) is 24.7 Å². The SMILES string of the molecule is C=C(C)OC(=C)C. The fourth-order valence-electron chi connectivity index (χ4n) is 0.297. The monoisotopic (exact) mass is 98.1 g/mol. The molecule has 0 unspecified atom stereocenters. The van der Waals surface area contributed by atoms with E-state index in [2.05, 4.69) is 13.2 Å². The van der Waals surface area contributed by atoms with E-state index in [0.717, 1.165) is 0 Å². The van der Waals surface area contributed by atoms with Gasteiger partial charge in [-0.1, -0.05) is 13.2 Å². The fraction of sp³-hybridized carbons (Fsp3) is 0.333. The van der Waals surface area contributed by atoms with Crippen molar-refractivity contribution < 1.29 is 4.74 Å². The molecular formula is C6H10O. The lowest BCUT2D eigenvalue weighted by Gasteiger charge is -1.99. The lowest BCUT2D eigenvalue weighted by Crippen LogP contribution is -1.78. The van der Waals surface area contributed by atoms with E-state index in [1.165, 1.54) is 0 Å². The Morgan fingerprint density at radius 3 is 1.43 bits per heavy atom. The van der Waals surface area contributed by atoms with E-state index in [-0.39, 0.29) is 0 Å². The first kappa shape index (κ1) is 6.28. The average molecular weight is 98.1 g/mol. The Bertz CT molecular complexity index is 80.4. The predicted octanol–water partition coefficient (Wildman–Crippen LogP) is 2.07. The van der Waals surface area contributed by atoms with Crippen molar-refractivity contribution in [3.05, 3.63) is 24.7 Å². The Kier molecular flexibility index (Phi) is 2.20. The number of rotatable bonds is 2. The molecule has 0 amide bonds. The highest BCUT2D eigenvalue weighted by molar-refractivity contribution is 4.85. The summed E-state index contributed by atoms with van der Waals surface area (Å²) >= 11 is 0. The Morgan fingerprint density at radius 2 is 1.43 bits per heavy atom. The van der Waals surface area contributed by atoms with Gasteiger partial charge in [0, 0.05) is 0 Å². The van der Waals surface area contributed by atoms with E-state index in [9.17, 15) is 0 Å². The minimum Gasteiger partial charge on any atom is -0.468 e. The fourth-order valence-corrected chi connectivity index (χ4v) is 0.297. The zero-order valence-corrected chi connectivity index (χ0v) is 4.82. The Labute approximate surface area is 44.3 Å². The molecule has 0 aromatic carbocycles. The molecule has 0 saturated carbocycles. The van der Waals surface area contributed by atoms with E-state index in [1.807, 2.05) is 0 Å². The van der Waals surface area contributed by atoms with Gasteiger partial charge in [0.25, 0.3) is 0 Å². The van der Waals surface area contributed by atoms with E-state index >= 15 is 0 Å². The molecule has 0 bridgehead atoms. The number of hydrogen-bond acceptors (Lipinski definition) is 1. The summed E-state index contributed by atoms with van der Waals surface area (Å²) < 4.78 is 4.86. The van der Waals surface area contributed by atoms with Crippen LogP contribution < -0.4 is 0 Å². The van der Waals surface area contributed by atoms with E-state index in [1.54, 1.807) is 13.8 Å². The highest BCUT2D eigenvalue weighted by Gasteiger charge is 1.80. The molecule has 0 spiro atoms. The summed E-state index contributed by atoms with van der Waals surface area (Å²) in [6.07, 6.45) is 0. The molecule has 40 valence electrons. The molecule has 0 rings (SSSR count). The third kappa shape index (κ3) is 5.28. The van der Waals surface area contributed by atoms with E-state index in [4.69, 9.17) is 4.74 Å². The third-order valence-corrected chi connectivity index (χ3v) is 0.348. The van der Waals surface area contributed by atoms with Gasteiger partial charge in [0.05, 0.1) is 11.5 Å². The summed E-state index contributed by atoms with van der Waals surface area (Å²) in [7, 11) is 0. The maximum absolute atomic E-state index is 4.86. The van der Waals surface area contributed by atoms with Crippen LogP contribution in [-0.4, -0.2) is 0 Å². The predicted molar refractivity (Wildman–Crippen MR) is 30.7 cm³/mol. The van der Waals surface area contributed by atoms with Crippen LogP contribution in [0.3, 0.4) is 0 Å². The second-order valence-electron chi connectivity index (χ2n) is 1.51. The van der Waals surface area contributed by atoms with Crippen LogP contribution in [0.4, 0.5) is 0 Å². The normalized spacial score (nSPS) is 7.71. The van der Waals surface area contributed by atoms with Gasteiger partial charge in [-0.25, -0.2) is 0 Å². The van der Waals surface area contributed by atoms with Crippen molar-refractivity contribution in [1.82, 2.24) is 0 Å². The van der Waals surface area contributed by atoms with Crippen LogP contribution in [0, 0.1) is 0 Å². The number of ether oxygens (including phenoxy) is 1. The van der Waals surface area contributed by atoms with Crippen LogP contribution in [0.5, 0.6) is 0 Å². The van der Waals surface area contributed by atoms with Crippen LogP contribution >= 0.6 is 0 Å². The molecule has 7 heavy (non-hydrogen) atoms. The summed E-state index contributed by atoms with van der Waals surface area (Å²) in [5.41, 5.74) is 0. The summed E-state index contributed by atoms with van der Waals surface area (Å²) in [6, 6.07) is 0. The Hall–Kier alpha value is -0.720. The first-order chi connectivity index (χ1) is 3.13. The molecule has 0 heterocycles. The lowest BCUT2D eigenvalue weighted by molar-refractivity contribution is 0.313. The van der Waals surface area contributed by atoms with Crippen molar-refractivity contribution in [2.24, 2.45) is 0 Å². The van der Waals surface area contributed by atoms with Crippen molar-refractivity contribution in [2.75, 3.05) is 0 Å². The van der Waals surface area contributed by atoms with Crippen LogP contribution in [-0.2, 0) is 4.74 Å². The van der Waals surface area contributed by atoms with Gasteiger partial charge < -0.3 is 4.74 Å². The minimum atomic E-state index is 0.688. The summed E-state index contributed by atoms with van der Waals surface area (Å²) in [5.74, 6) is 1.38. The van der Waals surface area contributed by atoms with Gasteiger partial charge in [-0.05, 0) is 13.8 Å². The van der Waals surface area contributed by atoms with Crippen molar-refractivity contribution in [1.29, 1.82) is 0 Å². The zero-order chi connectivity index (χ0) is 5.86. The molecule has 0 aliphatic heterocycles. The molecule has 0 N–H and O–H groups in total. The lowest BCUT2D eigenvalue weighted by atomic mass is 10.6. The molecule has 0 saturated heterocycles. The molecular weight excluding hydrogens is 88.1 g/mol. The zero-order valence-electron chi connectivity index (χ0n) is 4.82. The largest absolute Gasteiger partial charge is 0.468 e. The van der Waals surface area contributed by atoms with E-state index in [0.29, 0.717) is 11.5 Å². The Morgan fingerprint density at radius 1 is 1.14 bits per heavy atom. The number of hydrogen-bond donors (Lipinski definition) is 0. The molecule has 1 heteroatoms. The van der Waals surface area contributed by atoms with Gasteiger partial charge in [-0.3, -0.25) is 0 Å². The third-order valence-electron chi connectivity index (χ3n) is 0.348. The second kappa shape index (κ2) is 2.45. The highest BCUT2D eigenvalue weighted by atomic mass is 16.5. The van der Waals surface area contributed by atoms with Gasteiger partial charge in [0.15, 0.2) is 0 Å². The van der Waals surface area contributed by atoms with Gasteiger partial charge in [-0.2, -0.15) is 0 Å². The van der Waals surface area contributed by atoms with Gasteiger partial charge in [0.1, 0.15) is 0 Å².